The number of ether oxygens (including phenoxy) is 7. The molecule has 0 heterocycles. The second-order valence-corrected chi connectivity index (χ2v) is 18.2. The maximum Gasteiger partial charge on any atom is 0.330 e. The summed E-state index contributed by atoms with van der Waals surface area (Å²) < 4.78 is 44.9. The van der Waals surface area contributed by atoms with Crippen LogP contribution >= 0.6 is 0 Å². The molecule has 0 aliphatic carbocycles. The number of fused-ring (bicyclic) bond motifs is 4. The molecule has 8 aromatic rings. The average Bonchev–Trinajstić information content (AvgIpc) is 3.41. The van der Waals surface area contributed by atoms with Crippen LogP contribution in [0.2, 0.25) is 0 Å². The fourth-order valence-electron chi connectivity index (χ4n) is 9.67. The standard InChI is InChI=1S/C64H58O11/c1-9-57(65)69-39(5)35-51-45-27-19-21-29-47(45)53(37-41(7)71-59(67)11-3)61-49(51)31-33-55(73-43-23-15-13-16-24-43)63(61)75-64-56(74-44-25-17-14-18-26-44)34-32-50-52(36-40(6)70-58(66)10-2)46-28-20-22-30-48(46)54(62(50)64)38-42(8)72-60(68)12-4/h9-34,39-42H,1-4,35-38H2,5-8H3. The molecule has 0 amide bonds. The molecular formula is C64H58O11. The molecule has 75 heavy (non-hydrogen) atoms. The highest BCUT2D eigenvalue weighted by molar-refractivity contribution is 6.11. The molecule has 0 fully saturated rings. The molecule has 11 nitrogen and oxygen atoms in total. The number of hydrogen-bond donors (Lipinski definition) is 0. The van der Waals surface area contributed by atoms with Gasteiger partial charge in [-0.3, -0.25) is 0 Å². The van der Waals surface area contributed by atoms with Crippen LogP contribution in [0.25, 0.3) is 43.1 Å². The fraction of sp³-hybridized carbons (Fsp3) is 0.188. The summed E-state index contributed by atoms with van der Waals surface area (Å²) in [5.74, 6) is 0.0366. The van der Waals surface area contributed by atoms with E-state index in [1.165, 1.54) is 0 Å². The lowest BCUT2D eigenvalue weighted by Crippen LogP contribution is -2.18. The van der Waals surface area contributed by atoms with Crippen molar-refractivity contribution in [1.82, 2.24) is 0 Å². The lowest BCUT2D eigenvalue weighted by atomic mass is 9.86. The Hall–Kier alpha value is -8.96. The molecule has 0 aliphatic rings. The average molecular weight is 1000 g/mol. The molecule has 8 rings (SSSR count). The summed E-state index contributed by atoms with van der Waals surface area (Å²) in [6.45, 7) is 21.8. The summed E-state index contributed by atoms with van der Waals surface area (Å²) >= 11 is 0. The normalized spacial score (nSPS) is 12.7. The number of esters is 4. The van der Waals surface area contributed by atoms with Crippen molar-refractivity contribution in [2.45, 2.75) is 77.8 Å². The van der Waals surface area contributed by atoms with Gasteiger partial charge in [0.2, 0.25) is 0 Å². The van der Waals surface area contributed by atoms with Crippen LogP contribution in [-0.2, 0) is 63.8 Å². The van der Waals surface area contributed by atoms with Crippen LogP contribution in [0.1, 0.15) is 49.9 Å². The molecule has 4 unspecified atom stereocenters. The summed E-state index contributed by atoms with van der Waals surface area (Å²) in [6.07, 6.45) is 3.10. The Bertz CT molecular complexity index is 3260. The third-order valence-corrected chi connectivity index (χ3v) is 12.7. The molecule has 0 N–H and O–H groups in total. The number of para-hydroxylation sites is 2. The molecule has 8 aromatic carbocycles. The van der Waals surface area contributed by atoms with E-state index in [0.29, 0.717) is 58.1 Å². The van der Waals surface area contributed by atoms with Gasteiger partial charge >= 0.3 is 23.9 Å². The Morgan fingerprint density at radius 2 is 0.640 bits per heavy atom. The lowest BCUT2D eigenvalue weighted by Gasteiger charge is -2.26. The van der Waals surface area contributed by atoms with Crippen molar-refractivity contribution in [2.24, 2.45) is 0 Å². The monoisotopic (exact) mass is 1000 g/mol. The molecule has 0 spiro atoms. The molecule has 4 atom stereocenters. The number of hydrogen-bond acceptors (Lipinski definition) is 11. The summed E-state index contributed by atoms with van der Waals surface area (Å²) in [4.78, 5) is 51.0. The minimum absolute atomic E-state index is 0.222. The van der Waals surface area contributed by atoms with E-state index in [4.69, 9.17) is 33.2 Å². The second kappa shape index (κ2) is 23.7. The van der Waals surface area contributed by atoms with E-state index in [0.717, 1.165) is 78.9 Å². The van der Waals surface area contributed by atoms with Gasteiger partial charge in [0.15, 0.2) is 23.0 Å². The largest absolute Gasteiger partial charge is 0.459 e. The van der Waals surface area contributed by atoms with E-state index in [1.54, 1.807) is 0 Å². The minimum atomic E-state index is -0.654. The number of carbonyl (C=O) groups excluding carboxylic acids is 4. The van der Waals surface area contributed by atoms with E-state index in [1.807, 2.05) is 161 Å². The third kappa shape index (κ3) is 12.0. The molecule has 0 aliphatic heterocycles. The third-order valence-electron chi connectivity index (χ3n) is 12.7. The smallest absolute Gasteiger partial charge is 0.330 e. The Kier molecular flexibility index (Phi) is 16.6. The zero-order chi connectivity index (χ0) is 53.2. The SMILES string of the molecule is C=CC(=O)OC(C)Cc1c2ccccc2c(CC(C)OC(=O)C=C)c2c(Oc3c(Oc4ccccc4)ccc4c(CC(C)OC(=O)C=C)c5ccccc5c(CC(C)OC(=O)C=C)c34)c(Oc3ccccc3)ccc12. The predicted molar refractivity (Wildman–Crippen MR) is 294 cm³/mol. The van der Waals surface area contributed by atoms with Crippen LogP contribution in [0.5, 0.6) is 34.5 Å². The van der Waals surface area contributed by atoms with Gasteiger partial charge in [0.25, 0.3) is 0 Å². The second-order valence-electron chi connectivity index (χ2n) is 18.2. The fourth-order valence-corrected chi connectivity index (χ4v) is 9.67. The van der Waals surface area contributed by atoms with E-state index in [9.17, 15) is 19.2 Å². The summed E-state index contributed by atoms with van der Waals surface area (Å²) in [5.41, 5.74) is 3.26. The van der Waals surface area contributed by atoms with Gasteiger partial charge in [0, 0.05) is 60.8 Å². The van der Waals surface area contributed by atoms with E-state index < -0.39 is 48.3 Å². The van der Waals surface area contributed by atoms with Gasteiger partial charge in [-0.15, -0.1) is 0 Å². The highest BCUT2D eigenvalue weighted by atomic mass is 16.6. The Balaban J connectivity index is 1.53. The van der Waals surface area contributed by atoms with Crippen molar-refractivity contribution < 1.29 is 52.3 Å². The van der Waals surface area contributed by atoms with Crippen molar-refractivity contribution in [1.29, 1.82) is 0 Å². The quantitative estimate of drug-likeness (QED) is 0.0278. The van der Waals surface area contributed by atoms with Gasteiger partial charge in [-0.25, -0.2) is 19.2 Å². The topological polar surface area (TPSA) is 133 Å². The first-order valence-corrected chi connectivity index (χ1v) is 24.7. The van der Waals surface area contributed by atoms with E-state index >= 15 is 0 Å². The maximum atomic E-state index is 12.8. The first kappa shape index (κ1) is 52.4. The van der Waals surface area contributed by atoms with E-state index in [-0.39, 0.29) is 12.8 Å². The van der Waals surface area contributed by atoms with Crippen molar-refractivity contribution in [2.75, 3.05) is 0 Å². The molecule has 11 heteroatoms. The highest BCUT2D eigenvalue weighted by Crippen LogP contribution is 2.52. The van der Waals surface area contributed by atoms with Gasteiger partial charge in [-0.2, -0.15) is 0 Å². The molecular weight excluding hydrogens is 945 g/mol. The summed E-state index contributed by atoms with van der Waals surface area (Å²) in [7, 11) is 0. The Morgan fingerprint density at radius 3 is 0.947 bits per heavy atom. The molecule has 0 radical (unpaired) electrons. The molecule has 0 aromatic heterocycles. The van der Waals surface area contributed by atoms with Crippen molar-refractivity contribution >= 4 is 67.0 Å². The molecule has 0 saturated carbocycles. The first-order valence-electron chi connectivity index (χ1n) is 24.7. The van der Waals surface area contributed by atoms with Gasteiger partial charge in [0.05, 0.1) is 0 Å². The Morgan fingerprint density at radius 1 is 0.360 bits per heavy atom. The van der Waals surface area contributed by atoms with Crippen LogP contribution in [0.4, 0.5) is 0 Å². The van der Waals surface area contributed by atoms with Crippen molar-refractivity contribution in [3.05, 3.63) is 206 Å². The van der Waals surface area contributed by atoms with Gasteiger partial charge in [-0.05, 0) is 119 Å². The van der Waals surface area contributed by atoms with Crippen LogP contribution in [0, 0.1) is 0 Å². The Labute approximate surface area is 436 Å². The summed E-state index contributed by atoms with van der Waals surface area (Å²) in [5, 5.41) is 6.20. The number of rotatable bonds is 22. The van der Waals surface area contributed by atoms with Gasteiger partial charge in [0.1, 0.15) is 35.9 Å². The van der Waals surface area contributed by atoms with Crippen LogP contribution < -0.4 is 14.2 Å². The van der Waals surface area contributed by atoms with Gasteiger partial charge in [-0.1, -0.05) is 123 Å². The first-order chi connectivity index (χ1) is 36.3. The predicted octanol–water partition coefficient (Wildman–Crippen LogP) is 14.3. The highest BCUT2D eigenvalue weighted by Gasteiger charge is 2.29. The van der Waals surface area contributed by atoms with Crippen LogP contribution in [0.15, 0.2) is 184 Å². The lowest BCUT2D eigenvalue weighted by molar-refractivity contribution is -0.143. The zero-order valence-electron chi connectivity index (χ0n) is 42.5. The summed E-state index contributed by atoms with van der Waals surface area (Å²) in [6, 6.07) is 42.2. The van der Waals surface area contributed by atoms with Crippen molar-refractivity contribution in [3.8, 4) is 34.5 Å². The van der Waals surface area contributed by atoms with Crippen molar-refractivity contribution in [3.63, 3.8) is 0 Å². The molecule has 0 bridgehead atoms. The molecule has 0 saturated heterocycles. The van der Waals surface area contributed by atoms with Crippen LogP contribution in [-0.4, -0.2) is 48.3 Å². The molecule has 380 valence electrons. The number of benzene rings is 8. The minimum Gasteiger partial charge on any atom is -0.459 e. The number of carbonyl (C=O) groups is 4. The van der Waals surface area contributed by atoms with Gasteiger partial charge < -0.3 is 33.2 Å². The van der Waals surface area contributed by atoms with E-state index in [2.05, 4.69) is 26.3 Å². The maximum absolute atomic E-state index is 12.8. The van der Waals surface area contributed by atoms with Crippen LogP contribution in [0.3, 0.4) is 0 Å². The zero-order valence-corrected chi connectivity index (χ0v) is 42.5.